The lowest BCUT2D eigenvalue weighted by Crippen LogP contribution is -2.46. The minimum absolute atomic E-state index is 0.0495. The number of nitrogens with one attached hydrogen (secondary N) is 1. The first-order chi connectivity index (χ1) is 7.99. The van der Waals surface area contributed by atoms with Crippen molar-refractivity contribution in [3.8, 4) is 0 Å². The standard InChI is InChI=1S/C12H23NO3S/c1-10-11(5-8-17(10,14)15)13-9-12(16-2)6-3-4-7-12/h10-11,13H,3-9H2,1-2H3/t10-,11-/m0/s1. The van der Waals surface area contributed by atoms with E-state index < -0.39 is 9.84 Å². The molecule has 17 heavy (non-hydrogen) atoms. The summed E-state index contributed by atoms with van der Waals surface area (Å²) in [5, 5.41) is 3.16. The second-order valence-electron chi connectivity index (χ2n) is 5.44. The van der Waals surface area contributed by atoms with E-state index in [1.807, 2.05) is 6.92 Å². The van der Waals surface area contributed by atoms with E-state index in [1.165, 1.54) is 12.8 Å². The fourth-order valence-electron chi connectivity index (χ4n) is 3.02. The minimum atomic E-state index is -2.85. The Balaban J connectivity index is 1.90. The van der Waals surface area contributed by atoms with Crippen molar-refractivity contribution in [2.45, 2.75) is 55.9 Å². The summed E-state index contributed by atoms with van der Waals surface area (Å²) in [4.78, 5) is 0. The first-order valence-corrected chi connectivity index (χ1v) is 8.21. The highest BCUT2D eigenvalue weighted by molar-refractivity contribution is 7.92. The van der Waals surface area contributed by atoms with Crippen LogP contribution in [-0.4, -0.2) is 44.7 Å². The quantitative estimate of drug-likeness (QED) is 0.823. The molecule has 0 amide bonds. The molecule has 0 aromatic rings. The molecule has 0 radical (unpaired) electrons. The highest BCUT2D eigenvalue weighted by Gasteiger charge is 2.39. The third kappa shape index (κ3) is 2.66. The van der Waals surface area contributed by atoms with E-state index in [1.54, 1.807) is 7.11 Å². The van der Waals surface area contributed by atoms with Crippen molar-refractivity contribution < 1.29 is 13.2 Å². The Morgan fingerprint density at radius 2 is 2.00 bits per heavy atom. The molecule has 1 aliphatic heterocycles. The van der Waals surface area contributed by atoms with Crippen molar-refractivity contribution in [1.82, 2.24) is 5.32 Å². The summed E-state index contributed by atoms with van der Waals surface area (Å²) in [6, 6.07) is 0.104. The van der Waals surface area contributed by atoms with Gasteiger partial charge in [0.2, 0.25) is 0 Å². The maximum absolute atomic E-state index is 11.6. The van der Waals surface area contributed by atoms with Gasteiger partial charge >= 0.3 is 0 Å². The van der Waals surface area contributed by atoms with Gasteiger partial charge in [-0.15, -0.1) is 0 Å². The summed E-state index contributed by atoms with van der Waals surface area (Å²) in [7, 11) is -1.08. The van der Waals surface area contributed by atoms with Crippen LogP contribution in [0.1, 0.15) is 39.0 Å². The Kier molecular flexibility index (Phi) is 3.80. The van der Waals surface area contributed by atoms with Crippen LogP contribution in [-0.2, 0) is 14.6 Å². The zero-order valence-electron chi connectivity index (χ0n) is 10.7. The molecule has 0 bridgehead atoms. The van der Waals surface area contributed by atoms with Gasteiger partial charge in [-0.25, -0.2) is 8.42 Å². The van der Waals surface area contributed by atoms with E-state index in [9.17, 15) is 8.42 Å². The van der Waals surface area contributed by atoms with Gasteiger partial charge in [0, 0.05) is 19.7 Å². The summed E-state index contributed by atoms with van der Waals surface area (Å²) in [5.41, 5.74) is -0.0495. The Labute approximate surface area is 104 Å². The molecule has 2 atom stereocenters. The second kappa shape index (κ2) is 4.86. The molecule has 2 rings (SSSR count). The largest absolute Gasteiger partial charge is 0.377 e. The highest BCUT2D eigenvalue weighted by atomic mass is 32.2. The highest BCUT2D eigenvalue weighted by Crippen LogP contribution is 2.32. The third-order valence-electron chi connectivity index (χ3n) is 4.48. The van der Waals surface area contributed by atoms with Crippen LogP contribution in [0.2, 0.25) is 0 Å². The van der Waals surface area contributed by atoms with Crippen molar-refractivity contribution in [3.05, 3.63) is 0 Å². The SMILES string of the molecule is COC1(CN[C@H]2CCS(=O)(=O)[C@H]2C)CCCC1. The number of hydrogen-bond acceptors (Lipinski definition) is 4. The van der Waals surface area contributed by atoms with Gasteiger partial charge in [-0.3, -0.25) is 0 Å². The summed E-state index contributed by atoms with van der Waals surface area (Å²) in [5.74, 6) is 0.325. The first kappa shape index (κ1) is 13.3. The summed E-state index contributed by atoms with van der Waals surface area (Å²) >= 11 is 0. The van der Waals surface area contributed by atoms with Crippen molar-refractivity contribution in [2.24, 2.45) is 0 Å². The lowest BCUT2D eigenvalue weighted by atomic mass is 10.0. The molecular weight excluding hydrogens is 238 g/mol. The molecule has 1 N–H and O–H groups in total. The van der Waals surface area contributed by atoms with Crippen LogP contribution < -0.4 is 5.32 Å². The molecule has 0 aromatic carbocycles. The first-order valence-electron chi connectivity index (χ1n) is 6.49. The summed E-state index contributed by atoms with van der Waals surface area (Å²) in [6.07, 6.45) is 5.35. The molecule has 100 valence electrons. The molecule has 2 aliphatic rings. The van der Waals surface area contributed by atoms with Crippen LogP contribution >= 0.6 is 0 Å². The Bertz CT molecular complexity index is 360. The number of methoxy groups -OCH3 is 1. The Morgan fingerprint density at radius 1 is 1.35 bits per heavy atom. The van der Waals surface area contributed by atoms with Gasteiger partial charge < -0.3 is 10.1 Å². The van der Waals surface area contributed by atoms with Crippen molar-refractivity contribution in [1.29, 1.82) is 0 Å². The lowest BCUT2D eigenvalue weighted by molar-refractivity contribution is -0.00513. The number of hydrogen-bond donors (Lipinski definition) is 1. The number of sulfone groups is 1. The van der Waals surface area contributed by atoms with E-state index >= 15 is 0 Å². The van der Waals surface area contributed by atoms with Gasteiger partial charge in [0.1, 0.15) is 0 Å². The molecule has 2 fully saturated rings. The van der Waals surface area contributed by atoms with Crippen LogP contribution in [0.5, 0.6) is 0 Å². The maximum atomic E-state index is 11.6. The molecule has 1 saturated heterocycles. The van der Waals surface area contributed by atoms with Crippen LogP contribution in [0.15, 0.2) is 0 Å². The molecule has 1 heterocycles. The summed E-state index contributed by atoms with van der Waals surface area (Å²) in [6.45, 7) is 2.60. The summed E-state index contributed by atoms with van der Waals surface area (Å²) < 4.78 is 28.9. The second-order valence-corrected chi connectivity index (χ2v) is 7.92. The monoisotopic (exact) mass is 261 g/mol. The molecule has 0 spiro atoms. The van der Waals surface area contributed by atoms with E-state index in [2.05, 4.69) is 5.32 Å². The van der Waals surface area contributed by atoms with Gasteiger partial charge in [0.05, 0.1) is 16.6 Å². The third-order valence-corrected chi connectivity index (χ3v) is 6.75. The van der Waals surface area contributed by atoms with Gasteiger partial charge in [-0.1, -0.05) is 12.8 Å². The van der Waals surface area contributed by atoms with Gasteiger partial charge in [0.25, 0.3) is 0 Å². The van der Waals surface area contributed by atoms with Crippen LogP contribution in [0.4, 0.5) is 0 Å². The van der Waals surface area contributed by atoms with E-state index in [0.29, 0.717) is 5.75 Å². The maximum Gasteiger partial charge on any atom is 0.154 e. The van der Waals surface area contributed by atoms with Crippen LogP contribution in [0.3, 0.4) is 0 Å². The zero-order chi connectivity index (χ0) is 12.5. The van der Waals surface area contributed by atoms with Crippen molar-refractivity contribution in [3.63, 3.8) is 0 Å². The fraction of sp³-hybridized carbons (Fsp3) is 1.00. The topological polar surface area (TPSA) is 55.4 Å². The molecule has 0 unspecified atom stereocenters. The molecule has 4 nitrogen and oxygen atoms in total. The predicted molar refractivity (Wildman–Crippen MR) is 67.9 cm³/mol. The van der Waals surface area contributed by atoms with E-state index in [0.717, 1.165) is 25.8 Å². The average Bonchev–Trinajstić information content (AvgIpc) is 2.86. The smallest absolute Gasteiger partial charge is 0.154 e. The van der Waals surface area contributed by atoms with Crippen LogP contribution in [0.25, 0.3) is 0 Å². The van der Waals surface area contributed by atoms with Gasteiger partial charge in [0.15, 0.2) is 9.84 Å². The predicted octanol–water partition coefficient (Wildman–Crippen LogP) is 1.11. The number of ether oxygens (including phenoxy) is 1. The Hall–Kier alpha value is -0.130. The lowest BCUT2D eigenvalue weighted by Gasteiger charge is -2.30. The van der Waals surface area contributed by atoms with Crippen molar-refractivity contribution in [2.75, 3.05) is 19.4 Å². The molecular formula is C12H23NO3S. The van der Waals surface area contributed by atoms with E-state index in [4.69, 9.17) is 4.74 Å². The van der Waals surface area contributed by atoms with Crippen molar-refractivity contribution >= 4 is 9.84 Å². The number of rotatable bonds is 4. The molecule has 0 aromatic heterocycles. The van der Waals surface area contributed by atoms with Crippen LogP contribution in [0, 0.1) is 0 Å². The molecule has 5 heteroatoms. The molecule has 1 aliphatic carbocycles. The van der Waals surface area contributed by atoms with E-state index in [-0.39, 0.29) is 16.9 Å². The average molecular weight is 261 g/mol. The van der Waals surface area contributed by atoms with Gasteiger partial charge in [-0.2, -0.15) is 0 Å². The Morgan fingerprint density at radius 3 is 2.47 bits per heavy atom. The fourth-order valence-corrected chi connectivity index (χ4v) is 4.71. The van der Waals surface area contributed by atoms with Gasteiger partial charge in [-0.05, 0) is 26.2 Å². The zero-order valence-corrected chi connectivity index (χ0v) is 11.6. The molecule has 1 saturated carbocycles. The minimum Gasteiger partial charge on any atom is -0.377 e. The normalized spacial score (nSPS) is 35.2.